The lowest BCUT2D eigenvalue weighted by molar-refractivity contribution is -0.128. The van der Waals surface area contributed by atoms with Crippen LogP contribution in [0.25, 0.3) is 0 Å². The molecule has 0 radical (unpaired) electrons. The van der Waals surface area contributed by atoms with Gasteiger partial charge in [-0.1, -0.05) is 13.3 Å². The molecule has 2 heterocycles. The quantitative estimate of drug-likeness (QED) is 0.732. The summed E-state index contributed by atoms with van der Waals surface area (Å²) in [5.41, 5.74) is 2.56. The molecule has 30 heavy (non-hydrogen) atoms. The van der Waals surface area contributed by atoms with Gasteiger partial charge in [0.05, 0.1) is 5.92 Å². The number of amides is 3. The molecule has 1 aliphatic rings. The summed E-state index contributed by atoms with van der Waals surface area (Å²) in [5.74, 6) is -0.564. The summed E-state index contributed by atoms with van der Waals surface area (Å²) >= 11 is 0. The highest BCUT2D eigenvalue weighted by atomic mass is 16.2. The summed E-state index contributed by atoms with van der Waals surface area (Å²) in [7, 11) is 0. The number of aryl methyl sites for hydroxylation is 2. The Bertz CT molecular complexity index is 922. The lowest BCUT2D eigenvalue weighted by atomic mass is 10.1. The molecule has 1 fully saturated rings. The second kappa shape index (κ2) is 9.47. The van der Waals surface area contributed by atoms with Crippen LogP contribution in [0.2, 0.25) is 0 Å². The van der Waals surface area contributed by atoms with Crippen LogP contribution >= 0.6 is 0 Å². The van der Waals surface area contributed by atoms with Crippen molar-refractivity contribution in [3.63, 3.8) is 0 Å². The Morgan fingerprint density at radius 2 is 1.77 bits per heavy atom. The van der Waals surface area contributed by atoms with Crippen LogP contribution in [0.1, 0.15) is 47.9 Å². The predicted octanol–water partition coefficient (Wildman–Crippen LogP) is 2.93. The van der Waals surface area contributed by atoms with E-state index in [1.807, 2.05) is 19.9 Å². The highest BCUT2D eigenvalue weighted by Gasteiger charge is 2.33. The molecule has 2 aromatic rings. The first kappa shape index (κ1) is 21.4. The van der Waals surface area contributed by atoms with Crippen molar-refractivity contribution in [3.8, 4) is 0 Å². The van der Waals surface area contributed by atoms with Crippen LogP contribution in [-0.4, -0.2) is 45.7 Å². The summed E-state index contributed by atoms with van der Waals surface area (Å²) in [4.78, 5) is 47.1. The fourth-order valence-corrected chi connectivity index (χ4v) is 3.42. The van der Waals surface area contributed by atoms with E-state index >= 15 is 0 Å². The van der Waals surface area contributed by atoms with Crippen LogP contribution in [0, 0.1) is 19.8 Å². The smallest absolute Gasteiger partial charge is 0.258 e. The van der Waals surface area contributed by atoms with Crippen LogP contribution in [0.3, 0.4) is 0 Å². The first-order valence-electron chi connectivity index (χ1n) is 10.2. The fraction of sp³-hybridized carbons (Fsp3) is 0.409. The second-order valence-corrected chi connectivity index (χ2v) is 7.59. The Morgan fingerprint density at radius 1 is 1.10 bits per heavy atom. The maximum absolute atomic E-state index is 12.5. The zero-order valence-corrected chi connectivity index (χ0v) is 17.6. The molecule has 1 atom stereocenters. The van der Waals surface area contributed by atoms with Gasteiger partial charge in [-0.25, -0.2) is 9.97 Å². The molecule has 158 valence electrons. The molecule has 3 amide bonds. The van der Waals surface area contributed by atoms with Crippen molar-refractivity contribution < 1.29 is 14.4 Å². The number of aromatic nitrogens is 2. The molecule has 1 aromatic carbocycles. The number of unbranched alkanes of at least 4 members (excludes halogenated alkanes) is 1. The summed E-state index contributed by atoms with van der Waals surface area (Å²) in [6.07, 6.45) is 2.19. The van der Waals surface area contributed by atoms with E-state index in [-0.39, 0.29) is 36.0 Å². The lowest BCUT2D eigenvalue weighted by Gasteiger charge is -2.16. The highest BCUT2D eigenvalue weighted by molar-refractivity contribution is 6.04. The van der Waals surface area contributed by atoms with Crippen molar-refractivity contribution in [3.05, 3.63) is 47.3 Å². The van der Waals surface area contributed by atoms with Gasteiger partial charge < -0.3 is 10.2 Å². The van der Waals surface area contributed by atoms with Crippen molar-refractivity contribution in [2.45, 2.75) is 40.0 Å². The maximum atomic E-state index is 12.5. The van der Waals surface area contributed by atoms with E-state index in [2.05, 4.69) is 27.5 Å². The third-order valence-corrected chi connectivity index (χ3v) is 4.99. The number of hydrogen-bond donors (Lipinski definition) is 2. The molecule has 0 aliphatic carbocycles. The Morgan fingerprint density at radius 3 is 2.40 bits per heavy atom. The van der Waals surface area contributed by atoms with E-state index in [1.54, 1.807) is 29.2 Å². The van der Waals surface area contributed by atoms with Crippen molar-refractivity contribution in [1.82, 2.24) is 14.9 Å². The Labute approximate surface area is 176 Å². The topological polar surface area (TPSA) is 104 Å². The van der Waals surface area contributed by atoms with Gasteiger partial charge in [0.15, 0.2) is 0 Å². The Balaban J connectivity index is 1.57. The van der Waals surface area contributed by atoms with E-state index in [4.69, 9.17) is 0 Å². The minimum absolute atomic E-state index is 0.0317. The number of hydrogen-bond acceptors (Lipinski definition) is 5. The normalized spacial score (nSPS) is 15.9. The number of carbonyl (C=O) groups excluding carboxylic acids is 3. The zero-order chi connectivity index (χ0) is 21.7. The first-order chi connectivity index (χ1) is 14.4. The van der Waals surface area contributed by atoms with Gasteiger partial charge in [-0.15, -0.1) is 0 Å². The maximum Gasteiger partial charge on any atom is 0.258 e. The van der Waals surface area contributed by atoms with Gasteiger partial charge in [0.1, 0.15) is 0 Å². The van der Waals surface area contributed by atoms with Crippen molar-refractivity contribution in [2.24, 2.45) is 5.92 Å². The largest absolute Gasteiger partial charge is 0.342 e. The monoisotopic (exact) mass is 409 g/mol. The Hall–Kier alpha value is -3.29. The molecule has 0 bridgehead atoms. The molecule has 1 aliphatic heterocycles. The standard InChI is InChI=1S/C22H27N5O3/c1-4-5-10-27-13-17(12-19(27)28)21(30)25-18-8-6-16(7-9-18)20(29)26-22-23-14(2)11-15(3)24-22/h6-9,11,17H,4-5,10,12-13H2,1-3H3,(H,25,30)(H,23,24,26,29). The molecule has 1 unspecified atom stereocenters. The third-order valence-electron chi connectivity index (χ3n) is 4.99. The molecule has 8 heteroatoms. The molecular weight excluding hydrogens is 382 g/mol. The SMILES string of the molecule is CCCCN1CC(C(=O)Nc2ccc(C(=O)Nc3nc(C)cc(C)n3)cc2)CC1=O. The van der Waals surface area contributed by atoms with E-state index in [9.17, 15) is 14.4 Å². The van der Waals surface area contributed by atoms with Crippen molar-refractivity contribution in [2.75, 3.05) is 23.7 Å². The van der Waals surface area contributed by atoms with Gasteiger partial charge in [0.2, 0.25) is 17.8 Å². The lowest BCUT2D eigenvalue weighted by Crippen LogP contribution is -2.29. The van der Waals surface area contributed by atoms with Crippen LogP contribution in [-0.2, 0) is 9.59 Å². The molecule has 1 aromatic heterocycles. The van der Waals surface area contributed by atoms with Gasteiger partial charge >= 0.3 is 0 Å². The first-order valence-corrected chi connectivity index (χ1v) is 10.2. The Kier molecular flexibility index (Phi) is 6.76. The number of nitrogens with zero attached hydrogens (tertiary/aromatic N) is 3. The van der Waals surface area contributed by atoms with Crippen LogP contribution in [0.15, 0.2) is 30.3 Å². The number of rotatable bonds is 7. The average Bonchev–Trinajstić information content (AvgIpc) is 3.07. The number of anilines is 2. The molecular formula is C22H27N5O3. The zero-order valence-electron chi connectivity index (χ0n) is 17.6. The van der Waals surface area contributed by atoms with Crippen molar-refractivity contribution in [1.29, 1.82) is 0 Å². The summed E-state index contributed by atoms with van der Waals surface area (Å²) < 4.78 is 0. The number of benzene rings is 1. The van der Waals surface area contributed by atoms with Crippen LogP contribution in [0.5, 0.6) is 0 Å². The van der Waals surface area contributed by atoms with E-state index < -0.39 is 0 Å². The van der Waals surface area contributed by atoms with Gasteiger partial charge in [0.25, 0.3) is 5.91 Å². The average molecular weight is 409 g/mol. The van der Waals surface area contributed by atoms with Gasteiger partial charge in [-0.3, -0.25) is 19.7 Å². The molecule has 2 N–H and O–H groups in total. The van der Waals surface area contributed by atoms with E-state index in [1.165, 1.54) is 0 Å². The second-order valence-electron chi connectivity index (χ2n) is 7.59. The molecule has 8 nitrogen and oxygen atoms in total. The van der Waals surface area contributed by atoms with Gasteiger partial charge in [-0.2, -0.15) is 0 Å². The van der Waals surface area contributed by atoms with Gasteiger partial charge in [0, 0.05) is 42.1 Å². The van der Waals surface area contributed by atoms with Gasteiger partial charge in [-0.05, 0) is 50.6 Å². The number of carbonyl (C=O) groups is 3. The molecule has 3 rings (SSSR count). The summed E-state index contributed by atoms with van der Waals surface area (Å²) in [6, 6.07) is 8.41. The molecule has 0 saturated carbocycles. The predicted molar refractivity (Wildman–Crippen MR) is 114 cm³/mol. The summed E-state index contributed by atoms with van der Waals surface area (Å²) in [5, 5.41) is 5.52. The minimum atomic E-state index is -0.348. The molecule has 0 spiro atoms. The fourth-order valence-electron chi connectivity index (χ4n) is 3.42. The van der Waals surface area contributed by atoms with Crippen LogP contribution in [0.4, 0.5) is 11.6 Å². The third kappa shape index (κ3) is 5.40. The van der Waals surface area contributed by atoms with E-state index in [0.29, 0.717) is 24.3 Å². The number of nitrogens with one attached hydrogen (secondary N) is 2. The van der Waals surface area contributed by atoms with E-state index in [0.717, 1.165) is 24.2 Å². The van der Waals surface area contributed by atoms with Crippen LogP contribution < -0.4 is 10.6 Å². The highest BCUT2D eigenvalue weighted by Crippen LogP contribution is 2.21. The van der Waals surface area contributed by atoms with Crippen molar-refractivity contribution >= 4 is 29.4 Å². The molecule has 1 saturated heterocycles. The minimum Gasteiger partial charge on any atom is -0.342 e. The number of likely N-dealkylation sites (tertiary alicyclic amines) is 1. The summed E-state index contributed by atoms with van der Waals surface area (Å²) in [6.45, 7) is 6.91.